The van der Waals surface area contributed by atoms with Gasteiger partial charge < -0.3 is 15.0 Å². The first-order valence-corrected chi connectivity index (χ1v) is 8.49. The molecule has 2 amide bonds. The molecule has 1 aliphatic rings. The predicted molar refractivity (Wildman–Crippen MR) is 97.2 cm³/mol. The van der Waals surface area contributed by atoms with E-state index in [9.17, 15) is 9.59 Å². The summed E-state index contributed by atoms with van der Waals surface area (Å²) in [4.78, 5) is 26.5. The van der Waals surface area contributed by atoms with Crippen molar-refractivity contribution in [3.63, 3.8) is 0 Å². The van der Waals surface area contributed by atoms with E-state index >= 15 is 0 Å². The molecule has 2 aromatic carbocycles. The highest BCUT2D eigenvalue weighted by molar-refractivity contribution is 6.34. The number of nitrogens with zero attached hydrogens (tertiary/aromatic N) is 1. The second-order valence-electron chi connectivity index (χ2n) is 5.94. The monoisotopic (exact) mass is 358 g/mol. The Balaban J connectivity index is 1.67. The summed E-state index contributed by atoms with van der Waals surface area (Å²) < 4.78 is 5.46. The van der Waals surface area contributed by atoms with Gasteiger partial charge in [-0.05, 0) is 43.3 Å². The van der Waals surface area contributed by atoms with Crippen molar-refractivity contribution in [3.05, 3.63) is 64.7 Å². The van der Waals surface area contributed by atoms with Crippen LogP contribution >= 0.6 is 11.6 Å². The van der Waals surface area contributed by atoms with E-state index in [0.29, 0.717) is 41.5 Å². The fourth-order valence-electron chi connectivity index (χ4n) is 2.73. The largest absolute Gasteiger partial charge is 0.375 e. The van der Waals surface area contributed by atoms with Crippen LogP contribution in [-0.4, -0.2) is 42.5 Å². The first-order valence-electron chi connectivity index (χ1n) is 8.11. The maximum Gasteiger partial charge on any atom is 0.257 e. The average Bonchev–Trinajstić information content (AvgIpc) is 2.62. The van der Waals surface area contributed by atoms with Crippen molar-refractivity contribution in [1.29, 1.82) is 0 Å². The normalized spacial score (nSPS) is 17.2. The van der Waals surface area contributed by atoms with E-state index in [1.54, 1.807) is 53.4 Å². The summed E-state index contributed by atoms with van der Waals surface area (Å²) in [6, 6.07) is 13.7. The molecule has 1 saturated heterocycles. The third-order valence-corrected chi connectivity index (χ3v) is 4.37. The minimum atomic E-state index is -0.285. The number of rotatable bonds is 3. The molecule has 5 nitrogen and oxygen atoms in total. The number of halogens is 1. The molecule has 1 N–H and O–H groups in total. The molecule has 0 saturated carbocycles. The van der Waals surface area contributed by atoms with Crippen LogP contribution < -0.4 is 5.32 Å². The molecule has 1 heterocycles. The van der Waals surface area contributed by atoms with Crippen LogP contribution in [-0.2, 0) is 4.74 Å². The number of benzene rings is 2. The van der Waals surface area contributed by atoms with Crippen LogP contribution in [0.4, 0.5) is 5.69 Å². The molecule has 0 aliphatic carbocycles. The van der Waals surface area contributed by atoms with E-state index in [1.165, 1.54) is 0 Å². The van der Waals surface area contributed by atoms with Gasteiger partial charge in [-0.3, -0.25) is 9.59 Å². The Labute approximate surface area is 151 Å². The van der Waals surface area contributed by atoms with Crippen LogP contribution in [0.15, 0.2) is 48.5 Å². The van der Waals surface area contributed by atoms with Crippen molar-refractivity contribution < 1.29 is 14.3 Å². The van der Waals surface area contributed by atoms with Gasteiger partial charge in [0.2, 0.25) is 0 Å². The lowest BCUT2D eigenvalue weighted by molar-refractivity contribution is -0.0124. The van der Waals surface area contributed by atoms with Gasteiger partial charge >= 0.3 is 0 Å². The molecule has 0 bridgehead atoms. The van der Waals surface area contributed by atoms with Crippen LogP contribution in [0.1, 0.15) is 27.6 Å². The predicted octanol–water partition coefficient (Wildman–Crippen LogP) is 3.45. The Kier molecular flexibility index (Phi) is 5.36. The van der Waals surface area contributed by atoms with E-state index in [0.717, 1.165) is 0 Å². The van der Waals surface area contributed by atoms with E-state index in [2.05, 4.69) is 5.32 Å². The number of carbonyl (C=O) groups excluding carboxylic acids is 2. The van der Waals surface area contributed by atoms with Gasteiger partial charge in [0.15, 0.2) is 0 Å². The van der Waals surface area contributed by atoms with Crippen molar-refractivity contribution >= 4 is 29.1 Å². The molecule has 1 fully saturated rings. The van der Waals surface area contributed by atoms with Gasteiger partial charge in [-0.15, -0.1) is 0 Å². The Morgan fingerprint density at radius 3 is 2.56 bits per heavy atom. The molecule has 1 aliphatic heterocycles. The molecule has 130 valence electrons. The molecular formula is C19H19ClN2O3. The van der Waals surface area contributed by atoms with E-state index < -0.39 is 0 Å². The van der Waals surface area contributed by atoms with Gasteiger partial charge in [0.1, 0.15) is 0 Å². The molecule has 0 radical (unpaired) electrons. The summed E-state index contributed by atoms with van der Waals surface area (Å²) in [6.45, 7) is 3.68. The maximum absolute atomic E-state index is 12.5. The van der Waals surface area contributed by atoms with Crippen molar-refractivity contribution in [3.8, 4) is 0 Å². The number of amides is 2. The van der Waals surface area contributed by atoms with Gasteiger partial charge in [-0.2, -0.15) is 0 Å². The molecule has 1 unspecified atom stereocenters. The van der Waals surface area contributed by atoms with E-state index in [-0.39, 0.29) is 17.9 Å². The van der Waals surface area contributed by atoms with Gasteiger partial charge in [0.25, 0.3) is 11.8 Å². The van der Waals surface area contributed by atoms with Crippen LogP contribution in [0.25, 0.3) is 0 Å². The number of hydrogen-bond donors (Lipinski definition) is 1. The van der Waals surface area contributed by atoms with Gasteiger partial charge in [-0.1, -0.05) is 23.7 Å². The minimum absolute atomic E-state index is 0.0286. The first kappa shape index (κ1) is 17.5. The second kappa shape index (κ2) is 7.68. The molecule has 0 aromatic heterocycles. The molecule has 3 rings (SSSR count). The number of ether oxygens (including phenoxy) is 1. The summed E-state index contributed by atoms with van der Waals surface area (Å²) in [5, 5.41) is 3.18. The van der Waals surface area contributed by atoms with Crippen molar-refractivity contribution in [2.24, 2.45) is 0 Å². The van der Waals surface area contributed by atoms with Crippen LogP contribution in [0.5, 0.6) is 0 Å². The van der Waals surface area contributed by atoms with Crippen LogP contribution in [0.2, 0.25) is 5.02 Å². The minimum Gasteiger partial charge on any atom is -0.375 e. The lowest BCUT2D eigenvalue weighted by atomic mass is 10.1. The summed E-state index contributed by atoms with van der Waals surface area (Å²) in [7, 11) is 0. The number of nitrogens with one attached hydrogen (secondary N) is 1. The zero-order valence-corrected chi connectivity index (χ0v) is 14.6. The standard InChI is InChI=1S/C19H19ClN2O3/c1-13-12-22(10-11-25-13)19(24)14-6-8-15(9-7-14)21-18(23)16-4-2-3-5-17(16)20/h2-9,13H,10-12H2,1H3,(H,21,23). The number of hydrogen-bond acceptors (Lipinski definition) is 3. The molecular weight excluding hydrogens is 340 g/mol. The summed E-state index contributed by atoms with van der Waals surface area (Å²) >= 11 is 6.03. The molecule has 2 aromatic rings. The zero-order chi connectivity index (χ0) is 17.8. The summed E-state index contributed by atoms with van der Waals surface area (Å²) in [5.74, 6) is -0.314. The van der Waals surface area contributed by atoms with E-state index in [1.807, 2.05) is 6.92 Å². The van der Waals surface area contributed by atoms with Crippen LogP contribution in [0, 0.1) is 0 Å². The van der Waals surface area contributed by atoms with Crippen molar-refractivity contribution in [2.75, 3.05) is 25.0 Å². The lowest BCUT2D eigenvalue weighted by Crippen LogP contribution is -2.44. The third kappa shape index (κ3) is 4.18. The fraction of sp³-hybridized carbons (Fsp3) is 0.263. The molecule has 25 heavy (non-hydrogen) atoms. The summed E-state index contributed by atoms with van der Waals surface area (Å²) in [6.07, 6.45) is 0.0480. The highest BCUT2D eigenvalue weighted by atomic mass is 35.5. The number of carbonyl (C=O) groups is 2. The third-order valence-electron chi connectivity index (χ3n) is 4.04. The topological polar surface area (TPSA) is 58.6 Å². The lowest BCUT2D eigenvalue weighted by Gasteiger charge is -2.31. The quantitative estimate of drug-likeness (QED) is 0.914. The highest BCUT2D eigenvalue weighted by Gasteiger charge is 2.22. The molecule has 0 spiro atoms. The Morgan fingerprint density at radius 2 is 1.88 bits per heavy atom. The van der Waals surface area contributed by atoms with Crippen molar-refractivity contribution in [2.45, 2.75) is 13.0 Å². The molecule has 6 heteroatoms. The SMILES string of the molecule is CC1CN(C(=O)c2ccc(NC(=O)c3ccccc3Cl)cc2)CCO1. The summed E-state index contributed by atoms with van der Waals surface area (Å²) in [5.41, 5.74) is 1.60. The highest BCUT2D eigenvalue weighted by Crippen LogP contribution is 2.18. The Hall–Kier alpha value is -2.37. The first-order chi connectivity index (χ1) is 12.0. The van der Waals surface area contributed by atoms with Gasteiger partial charge in [0, 0.05) is 24.3 Å². The smallest absolute Gasteiger partial charge is 0.257 e. The molecule has 1 atom stereocenters. The average molecular weight is 359 g/mol. The Morgan fingerprint density at radius 1 is 1.16 bits per heavy atom. The number of anilines is 1. The van der Waals surface area contributed by atoms with E-state index in [4.69, 9.17) is 16.3 Å². The van der Waals surface area contributed by atoms with Gasteiger partial charge in [0.05, 0.1) is 23.3 Å². The zero-order valence-electron chi connectivity index (χ0n) is 13.9. The van der Waals surface area contributed by atoms with Crippen LogP contribution in [0.3, 0.4) is 0 Å². The Bertz CT molecular complexity index is 776. The van der Waals surface area contributed by atoms with Crippen molar-refractivity contribution in [1.82, 2.24) is 4.90 Å². The maximum atomic E-state index is 12.5. The fourth-order valence-corrected chi connectivity index (χ4v) is 2.95. The number of morpholine rings is 1. The van der Waals surface area contributed by atoms with Gasteiger partial charge in [-0.25, -0.2) is 0 Å². The second-order valence-corrected chi connectivity index (χ2v) is 6.35.